The SMILES string of the molecule is c1ccc(-c2nc(-c3ccc4ccccc4c3)nc(-c3ccc(-c4ccc5ccccc5c4)c4oc5cc6ccccc6nc5c34)n2)cc1.c1ccc(-c2nc(-c3ccc4ccccc4c3)nc(-c3ccc(-c4ccc5ccccc5c4)c4oc5cc6cccnc6cc5c34)n2)cc1.c1ccc(-c2nc(-c3ccc4ccccc4c3)nc(-c3ncc(-c4ccccc4)c4oc5cc6ccccc6cc5c34)n2)cc1. The number of pyridine rings is 3. The zero-order valence-electron chi connectivity index (χ0n) is 76.5. The first kappa shape index (κ1) is 82.8. The van der Waals surface area contributed by atoms with E-state index in [1.807, 2.05) is 164 Å². The number of fused-ring (bicyclic) bond motifs is 17. The summed E-state index contributed by atoms with van der Waals surface area (Å²) in [7, 11) is 0. The maximum atomic E-state index is 6.80. The van der Waals surface area contributed by atoms with Gasteiger partial charge in [-0.1, -0.05) is 352 Å². The molecule has 0 amide bonds. The Bertz CT molecular complexity index is 9760. The van der Waals surface area contributed by atoms with Crippen molar-refractivity contribution in [3.8, 4) is 136 Å². The highest BCUT2D eigenvalue weighted by molar-refractivity contribution is 6.21. The smallest absolute Gasteiger partial charge is 0.183 e. The van der Waals surface area contributed by atoms with Crippen molar-refractivity contribution >= 4 is 152 Å². The monoisotopic (exact) mass is 1830 g/mol. The predicted octanol–water partition coefficient (Wildman–Crippen LogP) is 32.7. The summed E-state index contributed by atoms with van der Waals surface area (Å²) in [5.74, 6) is 5.24. The molecule has 0 aliphatic heterocycles. The first-order chi connectivity index (χ1) is 70.8. The van der Waals surface area contributed by atoms with Crippen molar-refractivity contribution in [3.63, 3.8) is 0 Å². The minimum Gasteiger partial charge on any atom is -0.455 e. The van der Waals surface area contributed by atoms with Crippen molar-refractivity contribution in [3.05, 3.63) is 461 Å². The fourth-order valence-electron chi connectivity index (χ4n) is 19.8. The van der Waals surface area contributed by atoms with Crippen LogP contribution >= 0.6 is 0 Å². The Morgan fingerprint density at radius 3 is 0.930 bits per heavy atom. The molecule has 0 unspecified atom stereocenters. The average Bonchev–Trinajstić information content (AvgIpc) is 1.60. The molecule has 29 aromatic rings. The Hall–Kier alpha value is -19.6. The van der Waals surface area contributed by atoms with Crippen molar-refractivity contribution < 1.29 is 13.3 Å². The lowest BCUT2D eigenvalue weighted by atomic mass is 9.96. The van der Waals surface area contributed by atoms with Gasteiger partial charge in [-0.25, -0.2) is 49.8 Å². The van der Waals surface area contributed by atoms with Gasteiger partial charge in [0.05, 0.1) is 21.8 Å². The molecule has 0 saturated carbocycles. The maximum Gasteiger partial charge on any atom is 0.183 e. The highest BCUT2D eigenvalue weighted by atomic mass is 16.3. The van der Waals surface area contributed by atoms with Crippen LogP contribution in [0, 0.1) is 0 Å². The molecule has 29 rings (SSSR count). The van der Waals surface area contributed by atoms with E-state index in [0.29, 0.717) is 58.1 Å². The van der Waals surface area contributed by atoms with Gasteiger partial charge in [0.25, 0.3) is 0 Å². The Morgan fingerprint density at radius 1 is 0.161 bits per heavy atom. The molecule has 9 aromatic heterocycles. The van der Waals surface area contributed by atoms with E-state index in [0.717, 1.165) is 203 Å². The lowest BCUT2D eigenvalue weighted by Crippen LogP contribution is -2.01. The number of aromatic nitrogens is 12. The number of nitrogens with zero attached hydrogens (tertiary/aromatic N) is 12. The molecule has 0 radical (unpaired) electrons. The van der Waals surface area contributed by atoms with Gasteiger partial charge in [-0.2, -0.15) is 0 Å². The Morgan fingerprint density at radius 2 is 0.469 bits per heavy atom. The molecule has 666 valence electrons. The van der Waals surface area contributed by atoms with E-state index in [1.54, 1.807) is 0 Å². The molecule has 0 fully saturated rings. The number of para-hydroxylation sites is 1. The molecule has 0 saturated heterocycles. The van der Waals surface area contributed by atoms with E-state index in [4.69, 9.17) is 68.1 Å². The topological polar surface area (TPSA) is 194 Å². The third kappa shape index (κ3) is 15.3. The fraction of sp³-hybridized carbons (Fsp3) is 0. The maximum absolute atomic E-state index is 6.80. The molecule has 0 atom stereocenters. The molecule has 15 heteroatoms. The van der Waals surface area contributed by atoms with Crippen molar-refractivity contribution in [2.75, 3.05) is 0 Å². The van der Waals surface area contributed by atoms with Gasteiger partial charge in [0.2, 0.25) is 0 Å². The summed E-state index contributed by atoms with van der Waals surface area (Å²) in [6.07, 6.45) is 3.70. The van der Waals surface area contributed by atoms with Gasteiger partial charge in [-0.15, -0.1) is 0 Å². The second-order valence-electron chi connectivity index (χ2n) is 35.7. The molecule has 0 bridgehead atoms. The van der Waals surface area contributed by atoms with Crippen LogP contribution in [0.15, 0.2) is 475 Å². The molecule has 0 N–H and O–H groups in total. The molecule has 9 heterocycles. The van der Waals surface area contributed by atoms with Crippen molar-refractivity contribution in [2.24, 2.45) is 0 Å². The van der Waals surface area contributed by atoms with Crippen LogP contribution in [0.4, 0.5) is 0 Å². The largest absolute Gasteiger partial charge is 0.455 e. The van der Waals surface area contributed by atoms with E-state index in [9.17, 15) is 0 Å². The highest BCUT2D eigenvalue weighted by Gasteiger charge is 2.28. The van der Waals surface area contributed by atoms with Gasteiger partial charge in [-0.3, -0.25) is 9.97 Å². The van der Waals surface area contributed by atoms with Crippen LogP contribution in [-0.4, -0.2) is 59.8 Å². The van der Waals surface area contributed by atoms with Crippen molar-refractivity contribution in [1.29, 1.82) is 0 Å². The average molecular weight is 1830 g/mol. The summed E-state index contributed by atoms with van der Waals surface area (Å²) in [6.45, 7) is 0. The van der Waals surface area contributed by atoms with Crippen LogP contribution in [0.3, 0.4) is 0 Å². The predicted molar refractivity (Wildman–Crippen MR) is 580 cm³/mol. The molecule has 15 nitrogen and oxygen atoms in total. The first-order valence-electron chi connectivity index (χ1n) is 47.5. The van der Waals surface area contributed by atoms with E-state index >= 15 is 0 Å². The summed E-state index contributed by atoms with van der Waals surface area (Å²) in [5, 5.41) is 20.5. The van der Waals surface area contributed by atoms with Crippen molar-refractivity contribution in [1.82, 2.24) is 59.8 Å². The van der Waals surface area contributed by atoms with E-state index in [1.165, 1.54) is 26.9 Å². The summed E-state index contributed by atoms with van der Waals surface area (Å²) in [5.41, 5.74) is 21.1. The summed E-state index contributed by atoms with van der Waals surface area (Å²) in [4.78, 5) is 60.6. The van der Waals surface area contributed by atoms with Crippen LogP contribution in [0.5, 0.6) is 0 Å². The summed E-state index contributed by atoms with van der Waals surface area (Å²) < 4.78 is 20.2. The van der Waals surface area contributed by atoms with Gasteiger partial charge in [0.15, 0.2) is 58.0 Å². The Labute approximate surface area is 817 Å². The van der Waals surface area contributed by atoms with Gasteiger partial charge in [0.1, 0.15) is 39.1 Å². The van der Waals surface area contributed by atoms with Gasteiger partial charge in [-0.05, 0) is 178 Å². The third-order valence-electron chi connectivity index (χ3n) is 26.9. The molecular formula is C128H76N12O3. The molecule has 0 aliphatic rings. The number of furan rings is 3. The number of hydrogen-bond donors (Lipinski definition) is 0. The molecule has 20 aromatic carbocycles. The van der Waals surface area contributed by atoms with Crippen LogP contribution in [-0.2, 0) is 0 Å². The van der Waals surface area contributed by atoms with E-state index in [2.05, 4.69) is 302 Å². The lowest BCUT2D eigenvalue weighted by Gasteiger charge is -2.11. The lowest BCUT2D eigenvalue weighted by molar-refractivity contribution is 0.669. The van der Waals surface area contributed by atoms with Crippen molar-refractivity contribution in [2.45, 2.75) is 0 Å². The second-order valence-corrected chi connectivity index (χ2v) is 35.7. The summed E-state index contributed by atoms with van der Waals surface area (Å²) >= 11 is 0. The Balaban J connectivity index is 0.000000107. The van der Waals surface area contributed by atoms with Crippen LogP contribution < -0.4 is 0 Å². The van der Waals surface area contributed by atoms with Gasteiger partial charge in [0, 0.05) is 101 Å². The Kier molecular flexibility index (Phi) is 20.2. The normalized spacial score (nSPS) is 11.6. The zero-order valence-corrected chi connectivity index (χ0v) is 76.5. The third-order valence-corrected chi connectivity index (χ3v) is 26.9. The number of hydrogen-bond acceptors (Lipinski definition) is 15. The standard InChI is InChI=1S/2C44H26N4O.C40H24N4O/c1-2-12-29(13-3-1)42-46-43(34-21-19-28-11-5-7-15-31(28)25-34)48-44(47-42)36-23-22-35(32-20-18-27-10-4-6-14-30(27)24-32)41-39(36)40-38(49-41)26-33-16-8-9-17-37(33)45-40;1-2-11-29(12-3-1)42-46-43(34-19-17-28-10-5-7-14-31(28)24-34)48-44(47-42)36-21-20-35(32-18-16-27-9-4-6-13-30(27)23-32)41-40(36)37-26-38-33(15-8-22-45-38)25-39(37)49-41;1-3-12-26(13-4-1)33-24-41-36(35-32-22-29-17-9-10-18-30(29)23-34(32)45-37(33)35)40-43-38(27-14-5-2-6-15-27)42-39(44-40)31-20-19-25-11-7-8-16-28(25)21-31/h2*1-26H;1-24H. The van der Waals surface area contributed by atoms with Gasteiger partial charge < -0.3 is 13.3 Å². The van der Waals surface area contributed by atoms with Gasteiger partial charge >= 0.3 is 0 Å². The molecular weight excluding hydrogens is 1750 g/mol. The molecule has 0 spiro atoms. The first-order valence-corrected chi connectivity index (χ1v) is 47.5. The quantitative estimate of drug-likeness (QED) is 0.112. The minimum atomic E-state index is 0.493. The molecule has 0 aliphatic carbocycles. The minimum absolute atomic E-state index is 0.493. The highest BCUT2D eigenvalue weighted by Crippen LogP contribution is 2.48. The number of rotatable bonds is 12. The second kappa shape index (κ2) is 34.9. The molecule has 143 heavy (non-hydrogen) atoms. The van der Waals surface area contributed by atoms with Crippen LogP contribution in [0.25, 0.3) is 288 Å². The van der Waals surface area contributed by atoms with Crippen LogP contribution in [0.1, 0.15) is 0 Å². The number of benzene rings is 20. The zero-order chi connectivity index (χ0) is 94.4. The van der Waals surface area contributed by atoms with Crippen LogP contribution in [0.2, 0.25) is 0 Å². The fourth-order valence-corrected chi connectivity index (χ4v) is 19.8. The summed E-state index contributed by atoms with van der Waals surface area (Å²) in [6, 6.07) is 154. The van der Waals surface area contributed by atoms with E-state index in [-0.39, 0.29) is 0 Å². The van der Waals surface area contributed by atoms with E-state index < -0.39 is 0 Å².